The molecule has 0 unspecified atom stereocenters. The van der Waals surface area contributed by atoms with Crippen molar-refractivity contribution < 1.29 is 9.59 Å². The molecule has 0 aliphatic heterocycles. The van der Waals surface area contributed by atoms with Gasteiger partial charge in [-0.25, -0.2) is 4.68 Å². The van der Waals surface area contributed by atoms with Crippen molar-refractivity contribution in [1.82, 2.24) is 25.2 Å². The number of carbonyl (C=O) groups is 2. The molecule has 1 heterocycles. The highest BCUT2D eigenvalue weighted by Crippen LogP contribution is 2.06. The molecule has 0 radical (unpaired) electrons. The van der Waals surface area contributed by atoms with Crippen LogP contribution in [0.4, 0.5) is 0 Å². The Bertz CT molecular complexity index is 665. The van der Waals surface area contributed by atoms with Gasteiger partial charge >= 0.3 is 0 Å². The summed E-state index contributed by atoms with van der Waals surface area (Å²) >= 11 is 0. The van der Waals surface area contributed by atoms with E-state index >= 15 is 0 Å². The molecule has 0 bridgehead atoms. The number of ketones is 1. The van der Waals surface area contributed by atoms with E-state index in [1.165, 1.54) is 10.9 Å². The molecule has 1 amide bonds. The fourth-order valence-corrected chi connectivity index (χ4v) is 2.31. The van der Waals surface area contributed by atoms with Gasteiger partial charge in [0.15, 0.2) is 5.69 Å². The molecule has 7 heteroatoms. The third-order valence-corrected chi connectivity index (χ3v) is 3.76. The minimum Gasteiger partial charge on any atom is -0.353 e. The Morgan fingerprint density at radius 1 is 1.17 bits per heavy atom. The maximum Gasteiger partial charge on any atom is 0.241 e. The second-order valence-electron chi connectivity index (χ2n) is 5.37. The molecule has 0 saturated heterocycles. The van der Waals surface area contributed by atoms with E-state index in [4.69, 9.17) is 0 Å². The molecule has 1 N–H and O–H groups in total. The lowest BCUT2D eigenvalue weighted by Gasteiger charge is -2.17. The highest BCUT2D eigenvalue weighted by Gasteiger charge is 2.14. The third kappa shape index (κ3) is 4.99. The van der Waals surface area contributed by atoms with E-state index in [2.05, 4.69) is 34.4 Å². The lowest BCUT2D eigenvalue weighted by Crippen LogP contribution is -2.36. The van der Waals surface area contributed by atoms with Gasteiger partial charge in [-0.15, -0.1) is 5.10 Å². The Balaban J connectivity index is 1.85. The molecule has 2 rings (SSSR count). The number of amides is 1. The van der Waals surface area contributed by atoms with Crippen LogP contribution in [0.25, 0.3) is 0 Å². The van der Waals surface area contributed by atoms with Gasteiger partial charge in [-0.05, 0) is 13.1 Å². The Hall–Kier alpha value is -2.54. The molecular weight excluding hydrogens is 306 g/mol. The summed E-state index contributed by atoms with van der Waals surface area (Å²) in [6.45, 7) is 7.55. The molecule has 1 aromatic carbocycles. The molecule has 0 spiro atoms. The van der Waals surface area contributed by atoms with Crippen LogP contribution in [0.5, 0.6) is 0 Å². The molecule has 2 aromatic rings. The standard InChI is InChI=1S/C17H23N5O2/c1-3-21(4-2)11-10-18-16(23)13-22-12-15(19-20-22)17(24)14-8-6-5-7-9-14/h5-9,12H,3-4,10-11,13H2,1-2H3,(H,18,23). The van der Waals surface area contributed by atoms with Crippen molar-refractivity contribution >= 4 is 11.7 Å². The number of rotatable bonds is 9. The molecule has 0 aliphatic rings. The van der Waals surface area contributed by atoms with E-state index in [1.807, 2.05) is 6.07 Å². The van der Waals surface area contributed by atoms with Gasteiger partial charge in [0.1, 0.15) is 6.54 Å². The van der Waals surface area contributed by atoms with Crippen molar-refractivity contribution in [3.8, 4) is 0 Å². The summed E-state index contributed by atoms with van der Waals surface area (Å²) in [6, 6.07) is 8.88. The summed E-state index contributed by atoms with van der Waals surface area (Å²) in [5.41, 5.74) is 0.783. The van der Waals surface area contributed by atoms with Crippen LogP contribution in [-0.2, 0) is 11.3 Å². The largest absolute Gasteiger partial charge is 0.353 e. The number of aromatic nitrogens is 3. The minimum absolute atomic E-state index is 0.0489. The maximum atomic E-state index is 12.2. The average molecular weight is 329 g/mol. The van der Waals surface area contributed by atoms with Gasteiger partial charge in [-0.2, -0.15) is 0 Å². The zero-order valence-electron chi connectivity index (χ0n) is 14.1. The smallest absolute Gasteiger partial charge is 0.241 e. The fourth-order valence-electron chi connectivity index (χ4n) is 2.31. The van der Waals surface area contributed by atoms with Gasteiger partial charge in [-0.1, -0.05) is 49.4 Å². The van der Waals surface area contributed by atoms with E-state index in [0.717, 1.165) is 19.6 Å². The molecular formula is C17H23N5O2. The second kappa shape index (κ2) is 8.93. The maximum absolute atomic E-state index is 12.2. The summed E-state index contributed by atoms with van der Waals surface area (Å²) in [7, 11) is 0. The molecule has 0 fully saturated rings. The molecule has 128 valence electrons. The van der Waals surface area contributed by atoms with Crippen molar-refractivity contribution in [1.29, 1.82) is 0 Å². The van der Waals surface area contributed by atoms with E-state index in [0.29, 0.717) is 12.1 Å². The lowest BCUT2D eigenvalue weighted by molar-refractivity contribution is -0.121. The number of hydrogen-bond acceptors (Lipinski definition) is 5. The topological polar surface area (TPSA) is 80.1 Å². The quantitative estimate of drug-likeness (QED) is 0.693. The third-order valence-electron chi connectivity index (χ3n) is 3.76. The van der Waals surface area contributed by atoms with Crippen LogP contribution >= 0.6 is 0 Å². The summed E-state index contributed by atoms with van der Waals surface area (Å²) < 4.78 is 1.38. The van der Waals surface area contributed by atoms with E-state index in [-0.39, 0.29) is 23.9 Å². The number of hydrogen-bond donors (Lipinski definition) is 1. The van der Waals surface area contributed by atoms with E-state index < -0.39 is 0 Å². The Morgan fingerprint density at radius 3 is 2.54 bits per heavy atom. The number of likely N-dealkylation sites (N-methyl/N-ethyl adjacent to an activating group) is 1. The fraction of sp³-hybridized carbons (Fsp3) is 0.412. The van der Waals surface area contributed by atoms with Crippen LogP contribution in [0.3, 0.4) is 0 Å². The zero-order chi connectivity index (χ0) is 17.4. The van der Waals surface area contributed by atoms with Crippen LogP contribution in [-0.4, -0.2) is 57.8 Å². The van der Waals surface area contributed by atoms with Crippen molar-refractivity contribution in [3.63, 3.8) is 0 Å². The van der Waals surface area contributed by atoms with Gasteiger partial charge in [0.2, 0.25) is 11.7 Å². The first kappa shape index (κ1) is 17.8. The van der Waals surface area contributed by atoms with Gasteiger partial charge in [0, 0.05) is 18.7 Å². The summed E-state index contributed by atoms with van der Waals surface area (Å²) in [6.07, 6.45) is 1.50. The first-order valence-corrected chi connectivity index (χ1v) is 8.13. The summed E-state index contributed by atoms with van der Waals surface area (Å²) in [5, 5.41) is 10.6. The SMILES string of the molecule is CCN(CC)CCNC(=O)Cn1cc(C(=O)c2ccccc2)nn1. The van der Waals surface area contributed by atoms with Crippen LogP contribution in [0, 0.1) is 0 Å². The number of benzene rings is 1. The Labute approximate surface area is 141 Å². The molecule has 0 atom stereocenters. The molecule has 1 aromatic heterocycles. The monoisotopic (exact) mass is 329 g/mol. The van der Waals surface area contributed by atoms with Crippen molar-refractivity contribution in [2.75, 3.05) is 26.2 Å². The molecule has 7 nitrogen and oxygen atoms in total. The first-order valence-electron chi connectivity index (χ1n) is 8.13. The summed E-state index contributed by atoms with van der Waals surface area (Å²) in [5.74, 6) is -0.352. The van der Waals surface area contributed by atoms with Crippen molar-refractivity contribution in [2.45, 2.75) is 20.4 Å². The van der Waals surface area contributed by atoms with Crippen LogP contribution in [0.2, 0.25) is 0 Å². The first-order chi connectivity index (χ1) is 11.6. The van der Waals surface area contributed by atoms with Crippen LogP contribution < -0.4 is 5.32 Å². The minimum atomic E-state index is -0.205. The highest BCUT2D eigenvalue weighted by atomic mass is 16.2. The number of carbonyl (C=O) groups excluding carboxylic acids is 2. The van der Waals surface area contributed by atoms with Crippen LogP contribution in [0.1, 0.15) is 29.9 Å². The summed E-state index contributed by atoms with van der Waals surface area (Å²) in [4.78, 5) is 26.4. The van der Waals surface area contributed by atoms with Gasteiger partial charge in [0.05, 0.1) is 6.20 Å². The average Bonchev–Trinajstić information content (AvgIpc) is 3.07. The van der Waals surface area contributed by atoms with Crippen molar-refractivity contribution in [3.05, 3.63) is 47.8 Å². The van der Waals surface area contributed by atoms with Gasteiger partial charge in [0.25, 0.3) is 0 Å². The van der Waals surface area contributed by atoms with Gasteiger partial charge in [-0.3, -0.25) is 9.59 Å². The van der Waals surface area contributed by atoms with E-state index in [9.17, 15) is 9.59 Å². The van der Waals surface area contributed by atoms with Gasteiger partial charge < -0.3 is 10.2 Å². The van der Waals surface area contributed by atoms with E-state index in [1.54, 1.807) is 24.3 Å². The second-order valence-corrected chi connectivity index (χ2v) is 5.37. The predicted octanol–water partition coefficient (Wildman–Crippen LogP) is 0.967. The highest BCUT2D eigenvalue weighted by molar-refractivity contribution is 6.07. The Kier molecular flexibility index (Phi) is 6.62. The van der Waals surface area contributed by atoms with Crippen LogP contribution in [0.15, 0.2) is 36.5 Å². The number of nitrogens with zero attached hydrogens (tertiary/aromatic N) is 4. The molecule has 0 aliphatic carbocycles. The normalized spacial score (nSPS) is 10.8. The molecule has 0 saturated carbocycles. The van der Waals surface area contributed by atoms with Crippen molar-refractivity contribution in [2.24, 2.45) is 0 Å². The predicted molar refractivity (Wildman–Crippen MR) is 90.7 cm³/mol. The molecule has 24 heavy (non-hydrogen) atoms. The Morgan fingerprint density at radius 2 is 1.88 bits per heavy atom. The lowest BCUT2D eigenvalue weighted by atomic mass is 10.1. The zero-order valence-corrected chi connectivity index (χ0v) is 14.1. The number of nitrogens with one attached hydrogen (secondary N) is 1.